The van der Waals surface area contributed by atoms with Gasteiger partial charge in [0.15, 0.2) is 0 Å². The van der Waals surface area contributed by atoms with Gasteiger partial charge in [-0.2, -0.15) is 0 Å². The van der Waals surface area contributed by atoms with Crippen LogP contribution in [0.4, 0.5) is 4.79 Å². The number of benzene rings is 1. The van der Waals surface area contributed by atoms with Crippen LogP contribution in [0.5, 0.6) is 5.75 Å². The molecule has 3 N–H and O–H groups in total. The molecule has 1 heterocycles. The van der Waals surface area contributed by atoms with E-state index in [0.717, 1.165) is 31.7 Å². The maximum atomic E-state index is 10.8. The normalized spacial score (nSPS) is 14.1. The van der Waals surface area contributed by atoms with E-state index in [-0.39, 0.29) is 0 Å². The molecule has 1 aliphatic heterocycles. The zero-order valence-corrected chi connectivity index (χ0v) is 11.0. The van der Waals surface area contributed by atoms with Crippen LogP contribution < -0.4 is 20.7 Å². The molecule has 1 aliphatic rings. The molecule has 0 radical (unpaired) electrons. The summed E-state index contributed by atoms with van der Waals surface area (Å²) in [6.45, 7) is 6.50. The zero-order valence-electron chi connectivity index (χ0n) is 11.0. The van der Waals surface area contributed by atoms with Crippen molar-refractivity contribution in [1.82, 2.24) is 16.0 Å². The summed E-state index contributed by atoms with van der Waals surface area (Å²) in [7, 11) is 1.53. The van der Waals surface area contributed by atoms with Crippen molar-refractivity contribution in [2.45, 2.75) is 6.92 Å². The molecule has 0 saturated carbocycles. The predicted molar refractivity (Wildman–Crippen MR) is 72.0 cm³/mol. The molecular weight excluding hydrogens is 230 g/mol. The molecule has 0 bridgehead atoms. The van der Waals surface area contributed by atoms with E-state index in [1.54, 1.807) is 12.1 Å². The van der Waals surface area contributed by atoms with Crippen molar-refractivity contribution in [3.05, 3.63) is 29.8 Å². The van der Waals surface area contributed by atoms with Crippen LogP contribution in [0.2, 0.25) is 0 Å². The SMILES string of the molecule is C1CNCCN1.CNC(=O)Oc1cccc(C)c1. The number of hydrogen-bond acceptors (Lipinski definition) is 4. The number of rotatable bonds is 1. The molecule has 1 amide bonds. The Morgan fingerprint density at radius 3 is 2.28 bits per heavy atom. The molecular formula is C13H21N3O2. The van der Waals surface area contributed by atoms with Gasteiger partial charge >= 0.3 is 6.09 Å². The average molecular weight is 251 g/mol. The summed E-state index contributed by atoms with van der Waals surface area (Å²) in [4.78, 5) is 10.8. The summed E-state index contributed by atoms with van der Waals surface area (Å²) in [5, 5.41) is 8.82. The second-order valence-corrected chi connectivity index (χ2v) is 3.96. The number of amides is 1. The smallest absolute Gasteiger partial charge is 0.410 e. The second kappa shape index (κ2) is 8.49. The fourth-order valence-electron chi connectivity index (χ4n) is 1.44. The maximum Gasteiger partial charge on any atom is 0.412 e. The van der Waals surface area contributed by atoms with E-state index in [2.05, 4.69) is 16.0 Å². The highest BCUT2D eigenvalue weighted by atomic mass is 16.5. The van der Waals surface area contributed by atoms with E-state index in [1.807, 2.05) is 19.1 Å². The number of hydrogen-bond donors (Lipinski definition) is 3. The Bertz CT molecular complexity index is 353. The third-order valence-corrected chi connectivity index (χ3v) is 2.36. The Morgan fingerprint density at radius 2 is 1.83 bits per heavy atom. The summed E-state index contributed by atoms with van der Waals surface area (Å²) in [5.74, 6) is 0.564. The van der Waals surface area contributed by atoms with Crippen molar-refractivity contribution in [2.75, 3.05) is 33.2 Å². The summed E-state index contributed by atoms with van der Waals surface area (Å²) in [6.07, 6.45) is -0.444. The molecule has 1 aromatic rings. The number of carbonyl (C=O) groups is 1. The Hall–Kier alpha value is -1.59. The minimum atomic E-state index is -0.444. The van der Waals surface area contributed by atoms with Gasteiger partial charge in [-0.15, -0.1) is 0 Å². The van der Waals surface area contributed by atoms with Crippen LogP contribution in [-0.2, 0) is 0 Å². The Kier molecular flexibility index (Phi) is 6.83. The van der Waals surface area contributed by atoms with Gasteiger partial charge in [-0.1, -0.05) is 12.1 Å². The van der Waals surface area contributed by atoms with Crippen molar-refractivity contribution in [3.63, 3.8) is 0 Å². The first-order valence-corrected chi connectivity index (χ1v) is 6.10. The average Bonchev–Trinajstić information content (AvgIpc) is 2.41. The largest absolute Gasteiger partial charge is 0.412 e. The van der Waals surface area contributed by atoms with Crippen LogP contribution in [0.15, 0.2) is 24.3 Å². The summed E-state index contributed by atoms with van der Waals surface area (Å²) in [5.41, 5.74) is 1.07. The van der Waals surface area contributed by atoms with Gasteiger partial charge in [0.25, 0.3) is 0 Å². The van der Waals surface area contributed by atoms with Crippen LogP contribution in [-0.4, -0.2) is 39.3 Å². The molecule has 0 aromatic heterocycles. The van der Waals surface area contributed by atoms with Crippen molar-refractivity contribution in [2.24, 2.45) is 0 Å². The van der Waals surface area contributed by atoms with Gasteiger partial charge in [0, 0.05) is 33.2 Å². The summed E-state index contributed by atoms with van der Waals surface area (Å²) in [6, 6.07) is 7.32. The van der Waals surface area contributed by atoms with E-state index in [4.69, 9.17) is 4.74 Å². The summed E-state index contributed by atoms with van der Waals surface area (Å²) >= 11 is 0. The third-order valence-electron chi connectivity index (χ3n) is 2.36. The quantitative estimate of drug-likeness (QED) is 0.694. The van der Waals surface area contributed by atoms with Gasteiger partial charge in [-0.05, 0) is 24.6 Å². The maximum absolute atomic E-state index is 10.8. The first-order valence-electron chi connectivity index (χ1n) is 6.10. The van der Waals surface area contributed by atoms with E-state index in [1.165, 1.54) is 7.05 Å². The standard InChI is InChI=1S/C9H11NO2.C4H10N2/c1-7-4-3-5-8(6-7)12-9(11)10-2;1-2-6-4-3-5-1/h3-6H,1-2H3,(H,10,11);5-6H,1-4H2. The van der Waals surface area contributed by atoms with Gasteiger partial charge in [0.05, 0.1) is 0 Å². The molecule has 0 aliphatic carbocycles. The Labute approximate surface area is 108 Å². The van der Waals surface area contributed by atoms with Gasteiger partial charge in [-0.3, -0.25) is 0 Å². The van der Waals surface area contributed by atoms with E-state index >= 15 is 0 Å². The van der Waals surface area contributed by atoms with Crippen LogP contribution in [0.1, 0.15) is 5.56 Å². The van der Waals surface area contributed by atoms with Crippen molar-refractivity contribution in [1.29, 1.82) is 0 Å². The molecule has 5 nitrogen and oxygen atoms in total. The van der Waals surface area contributed by atoms with Crippen LogP contribution in [0.25, 0.3) is 0 Å². The van der Waals surface area contributed by atoms with Crippen LogP contribution >= 0.6 is 0 Å². The molecule has 18 heavy (non-hydrogen) atoms. The van der Waals surface area contributed by atoms with Gasteiger partial charge in [0.1, 0.15) is 5.75 Å². The van der Waals surface area contributed by atoms with Crippen molar-refractivity contribution in [3.8, 4) is 5.75 Å². The van der Waals surface area contributed by atoms with Gasteiger partial charge in [0.2, 0.25) is 0 Å². The molecule has 2 rings (SSSR count). The lowest BCUT2D eigenvalue weighted by molar-refractivity contribution is 0.203. The van der Waals surface area contributed by atoms with Crippen LogP contribution in [0.3, 0.4) is 0 Å². The molecule has 0 atom stereocenters. The monoisotopic (exact) mass is 251 g/mol. The highest BCUT2D eigenvalue weighted by molar-refractivity contribution is 5.69. The number of nitrogens with one attached hydrogen (secondary N) is 3. The first-order chi connectivity index (χ1) is 8.72. The lowest BCUT2D eigenvalue weighted by atomic mass is 10.2. The lowest BCUT2D eigenvalue weighted by Gasteiger charge is -2.11. The minimum Gasteiger partial charge on any atom is -0.410 e. The third kappa shape index (κ3) is 6.22. The number of ether oxygens (including phenoxy) is 1. The fourth-order valence-corrected chi connectivity index (χ4v) is 1.44. The molecule has 1 saturated heterocycles. The van der Waals surface area contributed by atoms with E-state index in [0.29, 0.717) is 5.75 Å². The number of carbonyl (C=O) groups excluding carboxylic acids is 1. The molecule has 1 fully saturated rings. The second-order valence-electron chi connectivity index (χ2n) is 3.96. The van der Waals surface area contributed by atoms with Crippen molar-refractivity contribution < 1.29 is 9.53 Å². The van der Waals surface area contributed by atoms with Gasteiger partial charge in [-0.25, -0.2) is 4.79 Å². The highest BCUT2D eigenvalue weighted by Crippen LogP contribution is 2.11. The molecule has 0 unspecified atom stereocenters. The molecule has 5 heteroatoms. The van der Waals surface area contributed by atoms with Crippen molar-refractivity contribution >= 4 is 6.09 Å². The minimum absolute atomic E-state index is 0.444. The lowest BCUT2D eigenvalue weighted by Crippen LogP contribution is -2.39. The fraction of sp³-hybridized carbons (Fsp3) is 0.462. The topological polar surface area (TPSA) is 62.4 Å². The summed E-state index contributed by atoms with van der Waals surface area (Å²) < 4.78 is 4.89. The molecule has 1 aromatic carbocycles. The zero-order chi connectivity index (χ0) is 13.2. The van der Waals surface area contributed by atoms with Crippen LogP contribution in [0, 0.1) is 6.92 Å². The van der Waals surface area contributed by atoms with E-state index in [9.17, 15) is 4.79 Å². The molecule has 100 valence electrons. The molecule has 0 spiro atoms. The number of piperazine rings is 1. The van der Waals surface area contributed by atoms with E-state index < -0.39 is 6.09 Å². The predicted octanol–water partition coefficient (Wildman–Crippen LogP) is 0.892. The first kappa shape index (κ1) is 14.5. The Balaban J connectivity index is 0.000000225. The van der Waals surface area contributed by atoms with Gasteiger partial charge < -0.3 is 20.7 Å². The number of aryl methyl sites for hydroxylation is 1. The Morgan fingerprint density at radius 1 is 1.22 bits per heavy atom. The highest BCUT2D eigenvalue weighted by Gasteiger charge is 1.99.